The number of aromatic nitrogens is 2. The smallest absolute Gasteiger partial charge is 0.193 e. The highest BCUT2D eigenvalue weighted by Crippen LogP contribution is 2.25. The van der Waals surface area contributed by atoms with Gasteiger partial charge in [-0.05, 0) is 48.8 Å². The van der Waals surface area contributed by atoms with Gasteiger partial charge < -0.3 is 11.1 Å². The van der Waals surface area contributed by atoms with Crippen molar-refractivity contribution < 1.29 is 0 Å². The molecule has 1 aromatic carbocycles. The third-order valence-corrected chi connectivity index (χ3v) is 5.26. The largest absolute Gasteiger partial charge is 0.370 e. The summed E-state index contributed by atoms with van der Waals surface area (Å²) in [5.41, 5.74) is 9.80. The van der Waals surface area contributed by atoms with Crippen LogP contribution in [0.5, 0.6) is 0 Å². The van der Waals surface area contributed by atoms with Gasteiger partial charge in [-0.15, -0.1) is 34.2 Å². The Morgan fingerprint density at radius 1 is 1.36 bits per heavy atom. The van der Waals surface area contributed by atoms with Crippen molar-refractivity contribution in [2.24, 2.45) is 10.7 Å². The van der Waals surface area contributed by atoms with Gasteiger partial charge in [-0.1, -0.05) is 29.2 Å². The van der Waals surface area contributed by atoms with Crippen molar-refractivity contribution in [1.29, 1.82) is 0 Å². The Kier molecular flexibility index (Phi) is 6.45. The number of rotatable bonds is 4. The first-order valence-corrected chi connectivity index (χ1v) is 8.84. The zero-order valence-electron chi connectivity index (χ0n) is 12.2. The van der Waals surface area contributed by atoms with Gasteiger partial charge in [0.15, 0.2) is 10.3 Å². The minimum absolute atomic E-state index is 0. The summed E-state index contributed by atoms with van der Waals surface area (Å²) in [6.07, 6.45) is 5.58. The Hall–Kier alpha value is -0.870. The van der Waals surface area contributed by atoms with Crippen molar-refractivity contribution in [1.82, 2.24) is 10.2 Å². The lowest BCUT2D eigenvalue weighted by Crippen LogP contribution is -2.22. The Balaban J connectivity index is 0.00000176. The van der Waals surface area contributed by atoms with E-state index in [9.17, 15) is 0 Å². The molecule has 1 heterocycles. The molecule has 0 fully saturated rings. The maximum absolute atomic E-state index is 5.93. The fraction of sp³-hybridized carbons (Fsp3) is 0.357. The topological polar surface area (TPSA) is 76.2 Å². The third-order valence-electron chi connectivity index (χ3n) is 3.38. The molecule has 118 valence electrons. The van der Waals surface area contributed by atoms with Crippen LogP contribution in [0.25, 0.3) is 0 Å². The molecule has 0 bridgehead atoms. The van der Waals surface area contributed by atoms with Crippen LogP contribution in [0, 0.1) is 0 Å². The summed E-state index contributed by atoms with van der Waals surface area (Å²) in [6, 6.07) is 6.40. The van der Waals surface area contributed by atoms with E-state index in [-0.39, 0.29) is 24.0 Å². The highest BCUT2D eigenvalue weighted by molar-refractivity contribution is 14.0. The molecule has 1 aliphatic carbocycles. The number of nitrogens with two attached hydrogens (primary N) is 1. The van der Waals surface area contributed by atoms with Gasteiger partial charge in [0.25, 0.3) is 0 Å². The van der Waals surface area contributed by atoms with Crippen molar-refractivity contribution in [3.8, 4) is 0 Å². The van der Waals surface area contributed by atoms with Crippen LogP contribution >= 0.6 is 47.1 Å². The van der Waals surface area contributed by atoms with Gasteiger partial charge >= 0.3 is 0 Å². The molecular formula is C14H18IN5S2. The lowest BCUT2D eigenvalue weighted by atomic mass is 10.1. The maximum Gasteiger partial charge on any atom is 0.193 e. The molecule has 0 unspecified atom stereocenters. The molecule has 1 aromatic heterocycles. The van der Waals surface area contributed by atoms with Gasteiger partial charge in [-0.25, -0.2) is 4.99 Å². The van der Waals surface area contributed by atoms with Crippen molar-refractivity contribution in [2.75, 3.05) is 11.6 Å². The minimum Gasteiger partial charge on any atom is -0.370 e. The van der Waals surface area contributed by atoms with Crippen LogP contribution in [0.1, 0.15) is 22.6 Å². The van der Waals surface area contributed by atoms with Gasteiger partial charge in [-0.3, -0.25) is 0 Å². The second-order valence-electron chi connectivity index (χ2n) is 4.83. The van der Waals surface area contributed by atoms with Gasteiger partial charge in [0, 0.05) is 5.69 Å². The predicted molar refractivity (Wildman–Crippen MR) is 105 cm³/mol. The lowest BCUT2D eigenvalue weighted by Gasteiger charge is -2.07. The average Bonchev–Trinajstić information content (AvgIpc) is 3.13. The number of aryl methyl sites for hydroxylation is 2. The standard InChI is InChI=1S/C14H17N5S2.HI/c1-20-14-19-18-12(21-14)8-16-13(15)17-11-6-5-9-3-2-4-10(9)7-11;/h5-7H,2-4,8H2,1H3,(H3,15,16,17);1H. The second kappa shape index (κ2) is 8.11. The van der Waals surface area contributed by atoms with Gasteiger partial charge in [0.1, 0.15) is 5.01 Å². The molecule has 22 heavy (non-hydrogen) atoms. The first-order valence-electron chi connectivity index (χ1n) is 6.80. The number of hydrogen-bond donors (Lipinski definition) is 2. The van der Waals surface area contributed by atoms with Crippen LogP contribution in [0.3, 0.4) is 0 Å². The van der Waals surface area contributed by atoms with E-state index in [1.54, 1.807) is 23.1 Å². The summed E-state index contributed by atoms with van der Waals surface area (Å²) in [7, 11) is 0. The third kappa shape index (κ3) is 4.32. The number of guanidine groups is 1. The summed E-state index contributed by atoms with van der Waals surface area (Å²) in [5, 5.41) is 12.1. The van der Waals surface area contributed by atoms with E-state index in [4.69, 9.17) is 5.73 Å². The molecule has 5 nitrogen and oxygen atoms in total. The Labute approximate surface area is 155 Å². The number of thioether (sulfide) groups is 1. The van der Waals surface area contributed by atoms with Crippen molar-refractivity contribution in [3.63, 3.8) is 0 Å². The van der Waals surface area contributed by atoms with Crippen molar-refractivity contribution in [2.45, 2.75) is 30.1 Å². The molecule has 0 saturated heterocycles. The van der Waals surface area contributed by atoms with Gasteiger partial charge in [-0.2, -0.15) is 0 Å². The normalized spacial score (nSPS) is 13.6. The van der Waals surface area contributed by atoms with E-state index in [1.807, 2.05) is 6.26 Å². The minimum atomic E-state index is 0. The second-order valence-corrected chi connectivity index (χ2v) is 6.94. The summed E-state index contributed by atoms with van der Waals surface area (Å²) in [6.45, 7) is 0.460. The number of halogens is 1. The zero-order chi connectivity index (χ0) is 14.7. The first kappa shape index (κ1) is 17.5. The number of nitrogens with one attached hydrogen (secondary N) is 1. The SMILES string of the molecule is CSc1nnc(CN=C(N)Nc2ccc3c(c2)CCC3)s1.I. The number of nitrogens with zero attached hydrogens (tertiary/aromatic N) is 3. The first-order chi connectivity index (χ1) is 10.2. The summed E-state index contributed by atoms with van der Waals surface area (Å²) in [4.78, 5) is 4.31. The van der Waals surface area contributed by atoms with Crippen molar-refractivity contribution >= 4 is 58.7 Å². The Bertz CT molecular complexity index is 671. The number of fused-ring (bicyclic) bond motifs is 1. The molecule has 0 amide bonds. The van der Waals surface area contributed by atoms with Crippen LogP contribution in [-0.2, 0) is 19.4 Å². The van der Waals surface area contributed by atoms with Crippen LogP contribution in [0.15, 0.2) is 27.5 Å². The van der Waals surface area contributed by atoms with Crippen LogP contribution < -0.4 is 11.1 Å². The van der Waals surface area contributed by atoms with Gasteiger partial charge in [0.2, 0.25) is 0 Å². The maximum atomic E-state index is 5.93. The zero-order valence-corrected chi connectivity index (χ0v) is 16.2. The summed E-state index contributed by atoms with van der Waals surface area (Å²) in [5.74, 6) is 0.411. The number of hydrogen-bond acceptors (Lipinski definition) is 5. The number of anilines is 1. The molecule has 0 saturated carbocycles. The number of benzene rings is 1. The Morgan fingerprint density at radius 2 is 2.18 bits per heavy atom. The molecule has 0 radical (unpaired) electrons. The van der Waals surface area contributed by atoms with E-state index in [2.05, 4.69) is 38.7 Å². The monoisotopic (exact) mass is 447 g/mol. The van der Waals surface area contributed by atoms with E-state index in [0.717, 1.165) is 21.5 Å². The number of aliphatic imine (C=N–C) groups is 1. The van der Waals surface area contributed by atoms with Crippen LogP contribution in [-0.4, -0.2) is 22.4 Å². The molecule has 8 heteroatoms. The van der Waals surface area contributed by atoms with E-state index in [1.165, 1.54) is 24.0 Å². The molecule has 0 atom stereocenters. The molecule has 3 N–H and O–H groups in total. The Morgan fingerprint density at radius 3 is 2.95 bits per heavy atom. The van der Waals surface area contributed by atoms with E-state index >= 15 is 0 Å². The highest BCUT2D eigenvalue weighted by Gasteiger charge is 2.10. The fourth-order valence-electron chi connectivity index (χ4n) is 2.37. The molecular weight excluding hydrogens is 429 g/mol. The summed E-state index contributed by atoms with van der Waals surface area (Å²) < 4.78 is 0.949. The summed E-state index contributed by atoms with van der Waals surface area (Å²) >= 11 is 3.14. The molecule has 0 aliphatic heterocycles. The van der Waals surface area contributed by atoms with E-state index < -0.39 is 0 Å². The fourth-order valence-corrected chi connectivity index (χ4v) is 3.61. The average molecular weight is 447 g/mol. The molecule has 3 rings (SSSR count). The molecule has 0 spiro atoms. The van der Waals surface area contributed by atoms with Crippen molar-refractivity contribution in [3.05, 3.63) is 34.3 Å². The quantitative estimate of drug-likeness (QED) is 0.326. The lowest BCUT2D eigenvalue weighted by molar-refractivity contribution is 0.912. The van der Waals surface area contributed by atoms with Crippen LogP contribution in [0.4, 0.5) is 5.69 Å². The molecule has 2 aromatic rings. The van der Waals surface area contributed by atoms with Crippen LogP contribution in [0.2, 0.25) is 0 Å². The van der Waals surface area contributed by atoms with Gasteiger partial charge in [0.05, 0.1) is 6.54 Å². The molecule has 1 aliphatic rings. The highest BCUT2D eigenvalue weighted by atomic mass is 127. The predicted octanol–water partition coefficient (Wildman–Crippen LogP) is 3.29. The van der Waals surface area contributed by atoms with E-state index in [0.29, 0.717) is 12.5 Å².